The molecule has 1 aliphatic rings. The van der Waals surface area contributed by atoms with Gasteiger partial charge in [0.2, 0.25) is 0 Å². The maximum Gasteiger partial charge on any atom is 0.317 e. The molecule has 1 aliphatic heterocycles. The lowest BCUT2D eigenvalue weighted by atomic mass is 10.0. The fourth-order valence-electron chi connectivity index (χ4n) is 4.03. The summed E-state index contributed by atoms with van der Waals surface area (Å²) < 4.78 is 5.61. The van der Waals surface area contributed by atoms with E-state index in [-0.39, 0.29) is 6.54 Å². The van der Waals surface area contributed by atoms with Crippen molar-refractivity contribution < 1.29 is 14.6 Å². The fourth-order valence-corrected chi connectivity index (χ4v) is 4.03. The highest BCUT2D eigenvalue weighted by Gasteiger charge is 2.22. The van der Waals surface area contributed by atoms with Crippen molar-refractivity contribution >= 4 is 5.97 Å². The van der Waals surface area contributed by atoms with Crippen LogP contribution in [0.4, 0.5) is 0 Å². The second-order valence-corrected chi connectivity index (χ2v) is 7.56. The standard InChI is InChI=1S/C23H30N2O3/c1-24(17-23(26)27)21-9-6-13-25(14-12-21)16-20-15-19(10-11-22(20)28-2)18-7-4-3-5-8-18/h3-5,7-8,10-11,15,21H,6,9,12-14,16-17H2,1-2H3,(H,26,27). The Hall–Kier alpha value is -2.37. The van der Waals surface area contributed by atoms with E-state index < -0.39 is 5.97 Å². The van der Waals surface area contributed by atoms with E-state index in [1.54, 1.807) is 7.11 Å². The third kappa shape index (κ3) is 5.33. The van der Waals surface area contributed by atoms with E-state index in [1.807, 2.05) is 18.0 Å². The van der Waals surface area contributed by atoms with Crippen molar-refractivity contribution in [1.82, 2.24) is 9.80 Å². The summed E-state index contributed by atoms with van der Waals surface area (Å²) in [4.78, 5) is 15.4. The number of hydrogen-bond acceptors (Lipinski definition) is 4. The molecule has 0 saturated carbocycles. The van der Waals surface area contributed by atoms with Crippen molar-refractivity contribution in [3.8, 4) is 16.9 Å². The number of methoxy groups -OCH3 is 1. The van der Waals surface area contributed by atoms with Crippen LogP contribution in [0.5, 0.6) is 5.75 Å². The zero-order valence-electron chi connectivity index (χ0n) is 16.8. The number of nitrogens with zero attached hydrogens (tertiary/aromatic N) is 2. The molecule has 0 spiro atoms. The lowest BCUT2D eigenvalue weighted by Gasteiger charge is -2.26. The monoisotopic (exact) mass is 382 g/mol. The Morgan fingerprint density at radius 3 is 2.64 bits per heavy atom. The number of benzene rings is 2. The average Bonchev–Trinajstić information content (AvgIpc) is 2.94. The molecule has 0 radical (unpaired) electrons. The second-order valence-electron chi connectivity index (χ2n) is 7.56. The molecule has 1 heterocycles. The van der Waals surface area contributed by atoms with Crippen LogP contribution in [-0.4, -0.2) is 60.7 Å². The first kappa shape index (κ1) is 20.4. The number of likely N-dealkylation sites (N-methyl/N-ethyl adjacent to an activating group) is 1. The molecule has 0 bridgehead atoms. The predicted molar refractivity (Wildman–Crippen MR) is 112 cm³/mol. The van der Waals surface area contributed by atoms with Crippen LogP contribution < -0.4 is 4.74 Å². The molecule has 28 heavy (non-hydrogen) atoms. The molecule has 0 aromatic heterocycles. The minimum atomic E-state index is -0.758. The molecule has 5 nitrogen and oxygen atoms in total. The molecule has 1 atom stereocenters. The largest absolute Gasteiger partial charge is 0.496 e. The summed E-state index contributed by atoms with van der Waals surface area (Å²) in [5.74, 6) is 0.162. The highest BCUT2D eigenvalue weighted by molar-refractivity contribution is 5.69. The topological polar surface area (TPSA) is 53.0 Å². The van der Waals surface area contributed by atoms with Crippen LogP contribution in [0, 0.1) is 0 Å². The highest BCUT2D eigenvalue weighted by Crippen LogP contribution is 2.28. The highest BCUT2D eigenvalue weighted by atomic mass is 16.5. The minimum Gasteiger partial charge on any atom is -0.496 e. The van der Waals surface area contributed by atoms with Crippen molar-refractivity contribution in [2.45, 2.75) is 31.8 Å². The number of carboxylic acid groups (broad SMARTS) is 1. The van der Waals surface area contributed by atoms with Gasteiger partial charge in [0.1, 0.15) is 5.75 Å². The predicted octanol–water partition coefficient (Wildman–Crippen LogP) is 3.73. The van der Waals surface area contributed by atoms with E-state index in [2.05, 4.69) is 47.4 Å². The smallest absolute Gasteiger partial charge is 0.317 e. The number of carboxylic acids is 1. The van der Waals surface area contributed by atoms with Crippen LogP contribution >= 0.6 is 0 Å². The Kier molecular flexibility index (Phi) is 7.06. The Morgan fingerprint density at radius 1 is 1.14 bits per heavy atom. The van der Waals surface area contributed by atoms with E-state index in [4.69, 9.17) is 9.84 Å². The van der Waals surface area contributed by atoms with Gasteiger partial charge in [0.25, 0.3) is 0 Å². The van der Waals surface area contributed by atoms with Crippen LogP contribution in [0.1, 0.15) is 24.8 Å². The Bertz CT molecular complexity index is 779. The van der Waals surface area contributed by atoms with Crippen LogP contribution in [-0.2, 0) is 11.3 Å². The summed E-state index contributed by atoms with van der Waals surface area (Å²) >= 11 is 0. The van der Waals surface area contributed by atoms with Crippen LogP contribution in [0.3, 0.4) is 0 Å². The summed E-state index contributed by atoms with van der Waals surface area (Å²) in [6.07, 6.45) is 3.11. The molecule has 1 fully saturated rings. The van der Waals surface area contributed by atoms with Gasteiger partial charge in [-0.2, -0.15) is 0 Å². The van der Waals surface area contributed by atoms with Crippen molar-refractivity contribution in [2.24, 2.45) is 0 Å². The molecule has 1 unspecified atom stereocenters. The number of likely N-dealkylation sites (tertiary alicyclic amines) is 1. The molecular weight excluding hydrogens is 352 g/mol. The quantitative estimate of drug-likeness (QED) is 0.791. The Balaban J connectivity index is 1.70. The molecule has 1 N–H and O–H groups in total. The summed E-state index contributed by atoms with van der Waals surface area (Å²) in [6.45, 7) is 2.94. The van der Waals surface area contributed by atoms with E-state index in [0.717, 1.165) is 44.6 Å². The van der Waals surface area contributed by atoms with Gasteiger partial charge in [-0.3, -0.25) is 14.6 Å². The van der Waals surface area contributed by atoms with Crippen molar-refractivity contribution in [2.75, 3.05) is 33.8 Å². The summed E-state index contributed by atoms with van der Waals surface area (Å²) in [5, 5.41) is 9.04. The molecular formula is C23H30N2O3. The first-order valence-electron chi connectivity index (χ1n) is 9.93. The van der Waals surface area contributed by atoms with Crippen molar-refractivity contribution in [1.29, 1.82) is 0 Å². The molecule has 2 aromatic carbocycles. The van der Waals surface area contributed by atoms with E-state index >= 15 is 0 Å². The van der Waals surface area contributed by atoms with Crippen LogP contribution in [0.2, 0.25) is 0 Å². The van der Waals surface area contributed by atoms with Gasteiger partial charge in [0.15, 0.2) is 0 Å². The van der Waals surface area contributed by atoms with Gasteiger partial charge in [-0.05, 0) is 62.7 Å². The van der Waals surface area contributed by atoms with Gasteiger partial charge >= 0.3 is 5.97 Å². The molecule has 150 valence electrons. The number of aliphatic carboxylic acids is 1. The lowest BCUT2D eigenvalue weighted by molar-refractivity contribution is -0.138. The zero-order valence-corrected chi connectivity index (χ0v) is 16.8. The second kappa shape index (κ2) is 9.71. The first-order valence-corrected chi connectivity index (χ1v) is 9.93. The van der Waals surface area contributed by atoms with Gasteiger partial charge < -0.3 is 9.84 Å². The average molecular weight is 383 g/mol. The maximum atomic E-state index is 11.0. The Morgan fingerprint density at radius 2 is 1.93 bits per heavy atom. The molecule has 0 amide bonds. The van der Waals surface area contributed by atoms with Crippen molar-refractivity contribution in [3.05, 3.63) is 54.1 Å². The van der Waals surface area contributed by atoms with E-state index in [1.165, 1.54) is 16.7 Å². The van der Waals surface area contributed by atoms with Gasteiger partial charge in [0.05, 0.1) is 13.7 Å². The minimum absolute atomic E-state index is 0.109. The molecule has 0 aliphatic carbocycles. The third-order valence-electron chi connectivity index (χ3n) is 5.58. The number of rotatable bonds is 7. The SMILES string of the molecule is COc1ccc(-c2ccccc2)cc1CN1CCCC(N(C)CC(=O)O)CC1. The van der Waals surface area contributed by atoms with E-state index in [9.17, 15) is 4.79 Å². The Labute approximate surface area is 167 Å². The third-order valence-corrected chi connectivity index (χ3v) is 5.58. The summed E-state index contributed by atoms with van der Waals surface area (Å²) in [5.41, 5.74) is 3.60. The zero-order chi connectivity index (χ0) is 19.9. The number of hydrogen-bond donors (Lipinski definition) is 1. The number of ether oxygens (including phenoxy) is 1. The molecule has 2 aromatic rings. The lowest BCUT2D eigenvalue weighted by Crippen LogP contribution is -2.36. The van der Waals surface area contributed by atoms with Gasteiger partial charge in [-0.1, -0.05) is 36.4 Å². The fraction of sp³-hybridized carbons (Fsp3) is 0.435. The number of carbonyl (C=O) groups is 1. The van der Waals surface area contributed by atoms with Gasteiger partial charge in [-0.15, -0.1) is 0 Å². The molecule has 1 saturated heterocycles. The van der Waals surface area contributed by atoms with Gasteiger partial charge in [0, 0.05) is 18.2 Å². The van der Waals surface area contributed by atoms with Gasteiger partial charge in [-0.25, -0.2) is 0 Å². The van der Waals surface area contributed by atoms with Crippen molar-refractivity contribution in [3.63, 3.8) is 0 Å². The van der Waals surface area contributed by atoms with Crippen LogP contribution in [0.25, 0.3) is 11.1 Å². The molecule has 3 rings (SSSR count). The molecule has 5 heteroatoms. The summed E-state index contributed by atoms with van der Waals surface area (Å²) in [6, 6.07) is 17.1. The van der Waals surface area contributed by atoms with Crippen LogP contribution in [0.15, 0.2) is 48.5 Å². The van der Waals surface area contributed by atoms with E-state index in [0.29, 0.717) is 6.04 Å². The first-order chi connectivity index (χ1) is 13.6. The maximum absolute atomic E-state index is 11.0. The normalized spacial score (nSPS) is 18.0. The summed E-state index contributed by atoms with van der Waals surface area (Å²) in [7, 11) is 3.64.